The van der Waals surface area contributed by atoms with E-state index >= 15 is 0 Å². The van der Waals surface area contributed by atoms with Crippen LogP contribution >= 0.6 is 11.3 Å². The van der Waals surface area contributed by atoms with Gasteiger partial charge in [-0.3, -0.25) is 0 Å². The van der Waals surface area contributed by atoms with Gasteiger partial charge in [-0.25, -0.2) is 4.57 Å². The molecule has 4 rings (SSSR count). The van der Waals surface area contributed by atoms with Gasteiger partial charge in [-0.2, -0.15) is 17.7 Å². The van der Waals surface area contributed by atoms with E-state index in [1.54, 1.807) is 17.4 Å². The maximum Gasteiger partial charge on any atom is 0.416 e. The van der Waals surface area contributed by atoms with Crippen LogP contribution in [0, 0.1) is 0 Å². The minimum absolute atomic E-state index is 0.578. The molecule has 3 heterocycles. The van der Waals surface area contributed by atoms with Crippen molar-refractivity contribution in [2.24, 2.45) is 0 Å². The van der Waals surface area contributed by atoms with Crippen molar-refractivity contribution in [1.29, 1.82) is 0 Å². The zero-order valence-electron chi connectivity index (χ0n) is 13.6. The number of thiophene rings is 1. The molecule has 0 fully saturated rings. The van der Waals surface area contributed by atoms with Crippen LogP contribution in [0.3, 0.4) is 0 Å². The Kier molecular flexibility index (Phi) is 4.15. The van der Waals surface area contributed by atoms with Crippen LogP contribution in [0.5, 0.6) is 0 Å². The second-order valence-corrected chi connectivity index (χ2v) is 7.24. The van der Waals surface area contributed by atoms with E-state index in [-0.39, 0.29) is 0 Å². The minimum atomic E-state index is -4.34. The lowest BCUT2D eigenvalue weighted by Crippen LogP contribution is -2.35. The summed E-state index contributed by atoms with van der Waals surface area (Å²) in [7, 11) is 0. The van der Waals surface area contributed by atoms with Crippen molar-refractivity contribution in [3.05, 3.63) is 59.4 Å². The van der Waals surface area contributed by atoms with Crippen LogP contribution in [0.2, 0.25) is 0 Å². The van der Waals surface area contributed by atoms with Gasteiger partial charge in [-0.1, -0.05) is 12.1 Å². The number of fused-ring (bicyclic) bond motifs is 1. The molecule has 2 aromatic heterocycles. The predicted molar refractivity (Wildman–Crippen MR) is 91.8 cm³/mol. The van der Waals surface area contributed by atoms with Gasteiger partial charge in [0, 0.05) is 6.42 Å². The molecule has 0 saturated heterocycles. The van der Waals surface area contributed by atoms with E-state index < -0.39 is 11.7 Å². The lowest BCUT2D eigenvalue weighted by atomic mass is 10.1. The van der Waals surface area contributed by atoms with E-state index in [4.69, 9.17) is 0 Å². The molecule has 0 radical (unpaired) electrons. The first-order valence-electron chi connectivity index (χ1n) is 8.39. The third-order valence-corrected chi connectivity index (χ3v) is 5.51. The molecule has 0 aliphatic carbocycles. The molecule has 1 aliphatic heterocycles. The summed E-state index contributed by atoms with van der Waals surface area (Å²) in [6.45, 7) is 0.916. The lowest BCUT2D eigenvalue weighted by molar-refractivity contribution is -0.702. The van der Waals surface area contributed by atoms with Crippen molar-refractivity contribution in [3.8, 4) is 16.3 Å². The van der Waals surface area contributed by atoms with Crippen molar-refractivity contribution < 1.29 is 17.7 Å². The Morgan fingerprint density at radius 1 is 1.04 bits per heavy atom. The van der Waals surface area contributed by atoms with Gasteiger partial charge in [0.05, 0.1) is 17.0 Å². The van der Waals surface area contributed by atoms with Crippen LogP contribution in [0.15, 0.2) is 48.0 Å². The monoisotopic (exact) mass is 363 g/mol. The molecule has 0 saturated carbocycles. The number of halogens is 3. The van der Waals surface area contributed by atoms with Crippen LogP contribution in [-0.4, -0.2) is 4.57 Å². The Balaban J connectivity index is 1.92. The molecule has 6 heteroatoms. The zero-order valence-corrected chi connectivity index (χ0v) is 14.4. The summed E-state index contributed by atoms with van der Waals surface area (Å²) < 4.78 is 43.7. The number of alkyl halides is 3. The molecule has 0 bridgehead atoms. The third kappa shape index (κ3) is 3.11. The van der Waals surface area contributed by atoms with Gasteiger partial charge in [0.15, 0.2) is 5.69 Å². The molecule has 2 nitrogen and oxygen atoms in total. The van der Waals surface area contributed by atoms with E-state index in [1.807, 2.05) is 22.1 Å². The van der Waals surface area contributed by atoms with Crippen LogP contribution in [0.4, 0.5) is 13.2 Å². The van der Waals surface area contributed by atoms with Gasteiger partial charge in [0.25, 0.3) is 5.82 Å². The Morgan fingerprint density at radius 3 is 2.68 bits per heavy atom. The summed E-state index contributed by atoms with van der Waals surface area (Å²) in [5.74, 6) is 1.08. The third-order valence-electron chi connectivity index (χ3n) is 4.61. The molecular formula is C19H18F3N2S+. The maximum atomic E-state index is 13.2. The Hall–Kier alpha value is -2.08. The number of benzene rings is 1. The van der Waals surface area contributed by atoms with Gasteiger partial charge in [0.1, 0.15) is 11.9 Å². The molecule has 0 atom stereocenters. The highest BCUT2D eigenvalue weighted by Gasteiger charge is 2.33. The number of imidazole rings is 1. The smallest absolute Gasteiger partial charge is 0.233 e. The summed E-state index contributed by atoms with van der Waals surface area (Å²) >= 11 is 1.61. The molecule has 25 heavy (non-hydrogen) atoms. The first kappa shape index (κ1) is 16.4. The maximum absolute atomic E-state index is 13.2. The quantitative estimate of drug-likeness (QED) is 0.551. The van der Waals surface area contributed by atoms with Gasteiger partial charge in [-0.15, -0.1) is 11.3 Å². The Labute approximate surface area is 148 Å². The van der Waals surface area contributed by atoms with Gasteiger partial charge in [0.2, 0.25) is 0 Å². The van der Waals surface area contributed by atoms with Crippen molar-refractivity contribution >= 4 is 11.3 Å². The topological polar surface area (TPSA) is 8.81 Å². The van der Waals surface area contributed by atoms with Crippen LogP contribution in [0.1, 0.15) is 30.7 Å². The molecule has 1 aromatic carbocycles. The average molecular weight is 363 g/mol. The molecule has 130 valence electrons. The molecule has 0 unspecified atom stereocenters. The highest BCUT2D eigenvalue weighted by atomic mass is 32.1. The first-order chi connectivity index (χ1) is 12.0. The summed E-state index contributed by atoms with van der Waals surface area (Å²) in [4.78, 5) is 1.07. The number of aromatic nitrogens is 2. The Morgan fingerprint density at radius 2 is 1.92 bits per heavy atom. The molecular weight excluding hydrogens is 345 g/mol. The van der Waals surface area contributed by atoms with E-state index in [0.717, 1.165) is 54.7 Å². The van der Waals surface area contributed by atoms with E-state index in [9.17, 15) is 13.2 Å². The lowest BCUT2D eigenvalue weighted by Gasteiger charge is -2.09. The predicted octanol–water partition coefficient (Wildman–Crippen LogP) is 5.24. The second kappa shape index (κ2) is 6.33. The van der Waals surface area contributed by atoms with E-state index in [0.29, 0.717) is 5.69 Å². The second-order valence-electron chi connectivity index (χ2n) is 6.30. The highest BCUT2D eigenvalue weighted by molar-refractivity contribution is 7.13. The highest BCUT2D eigenvalue weighted by Crippen LogP contribution is 2.33. The van der Waals surface area contributed by atoms with Gasteiger partial charge in [-0.05, 0) is 48.9 Å². The van der Waals surface area contributed by atoms with E-state index in [2.05, 4.69) is 10.8 Å². The summed E-state index contributed by atoms with van der Waals surface area (Å²) in [6, 6.07) is 9.62. The van der Waals surface area contributed by atoms with Crippen LogP contribution in [0.25, 0.3) is 16.3 Å². The first-order valence-corrected chi connectivity index (χ1v) is 9.27. The number of aryl methyl sites for hydroxylation is 1. The number of rotatable bonds is 2. The number of nitrogens with zero attached hydrogens (tertiary/aromatic N) is 2. The zero-order chi connectivity index (χ0) is 17.4. The molecule has 1 aliphatic rings. The fourth-order valence-corrected chi connectivity index (χ4v) is 4.17. The van der Waals surface area contributed by atoms with Crippen LogP contribution in [-0.2, 0) is 19.1 Å². The molecule has 0 N–H and O–H groups in total. The summed E-state index contributed by atoms with van der Waals surface area (Å²) in [5.41, 5.74) is 0.934. The van der Waals surface area contributed by atoms with Gasteiger partial charge >= 0.3 is 6.18 Å². The summed E-state index contributed by atoms with van der Waals surface area (Å²) in [5, 5.41) is 1.99. The fourth-order valence-electron chi connectivity index (χ4n) is 3.45. The molecule has 3 aromatic rings. The average Bonchev–Trinajstić information content (AvgIpc) is 3.17. The number of hydrogen-bond acceptors (Lipinski definition) is 1. The Bertz CT molecular complexity index is 879. The number of hydrogen-bond donors (Lipinski definition) is 0. The molecule has 0 amide bonds. The standard InChI is InChI=1S/C19H18F3N2S/c20-19(21,22)14-6-4-7-15(12-14)24-16(17-8-5-11-25-17)13-23-10-3-1-2-9-18(23)24/h4-8,11-13H,1-3,9-10H2/q+1. The summed E-state index contributed by atoms with van der Waals surface area (Å²) in [6.07, 6.45) is 1.95. The fraction of sp³-hybridized carbons (Fsp3) is 0.316. The van der Waals surface area contributed by atoms with Crippen molar-refractivity contribution in [1.82, 2.24) is 4.57 Å². The normalized spacial score (nSPS) is 15.0. The van der Waals surface area contributed by atoms with Crippen molar-refractivity contribution in [2.45, 2.75) is 38.4 Å². The largest absolute Gasteiger partial charge is 0.416 e. The SMILES string of the molecule is FC(F)(F)c1cccc(-n2c(-c3cccs3)c[n+]3c2CCCCC3)c1. The van der Waals surface area contributed by atoms with Crippen LogP contribution < -0.4 is 4.57 Å². The van der Waals surface area contributed by atoms with Gasteiger partial charge < -0.3 is 0 Å². The van der Waals surface area contributed by atoms with E-state index in [1.165, 1.54) is 12.1 Å². The van der Waals surface area contributed by atoms with Crippen molar-refractivity contribution in [2.75, 3.05) is 0 Å². The van der Waals surface area contributed by atoms with Crippen molar-refractivity contribution in [3.63, 3.8) is 0 Å². The molecule has 0 spiro atoms. The minimum Gasteiger partial charge on any atom is -0.233 e.